The Morgan fingerprint density at radius 2 is 1.86 bits per heavy atom. The first-order valence-electron chi connectivity index (χ1n) is 10.2. The SMILES string of the molecule is COc1ccc(CCn2c(C)cc(C(=O)CN(C)CC(=O)NC3CC3)c2C)cc1. The van der Waals surface area contributed by atoms with Crippen LogP contribution in [-0.2, 0) is 17.8 Å². The molecule has 1 aromatic heterocycles. The molecular weight excluding hydrogens is 366 g/mol. The second-order valence-electron chi connectivity index (χ2n) is 7.97. The normalized spacial score (nSPS) is 13.6. The maximum absolute atomic E-state index is 12.8. The van der Waals surface area contributed by atoms with Gasteiger partial charge < -0.3 is 14.6 Å². The number of carbonyl (C=O) groups is 2. The van der Waals surface area contributed by atoms with E-state index >= 15 is 0 Å². The van der Waals surface area contributed by atoms with Gasteiger partial charge in [0.1, 0.15) is 5.75 Å². The molecular formula is C23H31N3O3. The van der Waals surface area contributed by atoms with Crippen molar-refractivity contribution in [1.29, 1.82) is 0 Å². The van der Waals surface area contributed by atoms with Crippen molar-refractivity contribution in [1.82, 2.24) is 14.8 Å². The summed E-state index contributed by atoms with van der Waals surface area (Å²) in [5, 5.41) is 2.96. The Bertz CT molecular complexity index is 866. The summed E-state index contributed by atoms with van der Waals surface area (Å²) in [5.41, 5.74) is 4.03. The summed E-state index contributed by atoms with van der Waals surface area (Å²) in [6.07, 6.45) is 3.02. The van der Waals surface area contributed by atoms with Gasteiger partial charge in [0, 0.05) is 29.5 Å². The molecule has 1 aliphatic carbocycles. The Kier molecular flexibility index (Phi) is 6.75. The summed E-state index contributed by atoms with van der Waals surface area (Å²) in [6, 6.07) is 10.4. The van der Waals surface area contributed by atoms with E-state index in [4.69, 9.17) is 4.74 Å². The number of benzene rings is 1. The number of nitrogens with one attached hydrogen (secondary N) is 1. The molecule has 1 fully saturated rings. The van der Waals surface area contributed by atoms with E-state index < -0.39 is 0 Å². The topological polar surface area (TPSA) is 63.6 Å². The first kappa shape index (κ1) is 21.1. The van der Waals surface area contributed by atoms with Crippen LogP contribution in [-0.4, -0.2) is 54.4 Å². The van der Waals surface area contributed by atoms with E-state index in [-0.39, 0.29) is 24.8 Å². The first-order chi connectivity index (χ1) is 13.9. The highest BCUT2D eigenvalue weighted by atomic mass is 16.5. The average molecular weight is 398 g/mol. The predicted octanol–water partition coefficient (Wildman–Crippen LogP) is 2.75. The molecule has 0 aliphatic heterocycles. The lowest BCUT2D eigenvalue weighted by atomic mass is 10.1. The van der Waals surface area contributed by atoms with Crippen molar-refractivity contribution in [3.63, 3.8) is 0 Å². The third kappa shape index (κ3) is 5.70. The Morgan fingerprint density at radius 1 is 1.17 bits per heavy atom. The molecule has 0 bridgehead atoms. The molecule has 6 heteroatoms. The monoisotopic (exact) mass is 397 g/mol. The number of hydrogen-bond acceptors (Lipinski definition) is 4. The zero-order valence-electron chi connectivity index (χ0n) is 17.8. The largest absolute Gasteiger partial charge is 0.497 e. The van der Waals surface area contributed by atoms with E-state index in [2.05, 4.69) is 22.0 Å². The maximum atomic E-state index is 12.8. The molecule has 0 unspecified atom stereocenters. The van der Waals surface area contributed by atoms with Crippen LogP contribution in [0.5, 0.6) is 5.75 Å². The lowest BCUT2D eigenvalue weighted by Gasteiger charge is -2.15. The number of amides is 1. The van der Waals surface area contributed by atoms with Gasteiger partial charge in [-0.15, -0.1) is 0 Å². The zero-order chi connectivity index (χ0) is 21.0. The van der Waals surface area contributed by atoms with E-state index in [1.54, 1.807) is 12.0 Å². The molecule has 0 saturated heterocycles. The van der Waals surface area contributed by atoms with Crippen LogP contribution >= 0.6 is 0 Å². The number of methoxy groups -OCH3 is 1. The summed E-state index contributed by atoms with van der Waals surface area (Å²) in [4.78, 5) is 26.5. The second-order valence-corrected chi connectivity index (χ2v) is 7.97. The lowest BCUT2D eigenvalue weighted by molar-refractivity contribution is -0.121. The minimum atomic E-state index is -0.00670. The van der Waals surface area contributed by atoms with Gasteiger partial charge in [-0.1, -0.05) is 12.1 Å². The summed E-state index contributed by atoms with van der Waals surface area (Å²) < 4.78 is 7.40. The summed E-state index contributed by atoms with van der Waals surface area (Å²) in [6.45, 7) is 5.33. The summed E-state index contributed by atoms with van der Waals surface area (Å²) >= 11 is 0. The Balaban J connectivity index is 1.58. The molecule has 2 aromatic rings. The molecule has 1 aliphatic rings. The van der Waals surface area contributed by atoms with E-state index in [9.17, 15) is 9.59 Å². The molecule has 3 rings (SSSR count). The highest BCUT2D eigenvalue weighted by Crippen LogP contribution is 2.19. The molecule has 0 radical (unpaired) electrons. The van der Waals surface area contributed by atoms with Crippen LogP contribution in [0.4, 0.5) is 0 Å². The molecule has 1 saturated carbocycles. The van der Waals surface area contributed by atoms with Crippen molar-refractivity contribution < 1.29 is 14.3 Å². The van der Waals surface area contributed by atoms with Crippen LogP contribution < -0.4 is 10.1 Å². The number of ether oxygens (including phenoxy) is 1. The van der Waals surface area contributed by atoms with Gasteiger partial charge in [-0.3, -0.25) is 14.5 Å². The minimum Gasteiger partial charge on any atom is -0.497 e. The third-order valence-electron chi connectivity index (χ3n) is 5.43. The number of likely N-dealkylation sites (N-methyl/N-ethyl adjacent to an activating group) is 1. The molecule has 156 valence electrons. The van der Waals surface area contributed by atoms with Crippen LogP contribution in [0, 0.1) is 13.8 Å². The van der Waals surface area contributed by atoms with Crippen LogP contribution in [0.15, 0.2) is 30.3 Å². The molecule has 1 N–H and O–H groups in total. The molecule has 6 nitrogen and oxygen atoms in total. The van der Waals surface area contributed by atoms with Crippen molar-refractivity contribution in [3.8, 4) is 5.75 Å². The number of nitrogens with zero attached hydrogens (tertiary/aromatic N) is 2. The fourth-order valence-electron chi connectivity index (χ4n) is 3.59. The van der Waals surface area contributed by atoms with Crippen molar-refractivity contribution >= 4 is 11.7 Å². The molecule has 1 amide bonds. The quantitative estimate of drug-likeness (QED) is 0.626. The molecule has 1 heterocycles. The standard InChI is InChI=1S/C23H31N3O3/c1-16-13-21(22(27)14-25(3)15-23(28)24-19-7-8-19)17(2)26(16)12-11-18-5-9-20(29-4)10-6-18/h5-6,9-10,13,19H,7-8,11-12,14-15H2,1-4H3,(H,24,28). The van der Waals surface area contributed by atoms with Gasteiger partial charge in [0.15, 0.2) is 5.78 Å². The van der Waals surface area contributed by atoms with Crippen LogP contribution in [0.2, 0.25) is 0 Å². The molecule has 0 spiro atoms. The summed E-state index contributed by atoms with van der Waals surface area (Å²) in [7, 11) is 3.48. The van der Waals surface area contributed by atoms with Crippen molar-refractivity contribution in [2.24, 2.45) is 0 Å². The molecule has 1 aromatic carbocycles. The van der Waals surface area contributed by atoms with E-state index in [0.717, 1.165) is 48.5 Å². The van der Waals surface area contributed by atoms with Gasteiger partial charge in [0.2, 0.25) is 5.91 Å². The first-order valence-corrected chi connectivity index (χ1v) is 10.2. The van der Waals surface area contributed by atoms with Crippen molar-refractivity contribution in [2.75, 3.05) is 27.2 Å². The van der Waals surface area contributed by atoms with Crippen molar-refractivity contribution in [3.05, 3.63) is 52.8 Å². The number of aromatic nitrogens is 1. The van der Waals surface area contributed by atoms with E-state index in [0.29, 0.717) is 6.04 Å². The van der Waals surface area contributed by atoms with Crippen molar-refractivity contribution in [2.45, 2.75) is 45.7 Å². The van der Waals surface area contributed by atoms with Gasteiger partial charge in [0.05, 0.1) is 20.2 Å². The van der Waals surface area contributed by atoms with Crippen LogP contribution in [0.3, 0.4) is 0 Å². The Labute approximate surface area is 172 Å². The number of rotatable bonds is 10. The molecule has 0 atom stereocenters. The number of Topliss-reactive ketones (excluding diaryl/α,β-unsaturated/α-hetero) is 1. The smallest absolute Gasteiger partial charge is 0.234 e. The zero-order valence-corrected chi connectivity index (χ0v) is 17.8. The minimum absolute atomic E-state index is 0.00670. The van der Waals surface area contributed by atoms with Crippen LogP contribution in [0.1, 0.15) is 40.2 Å². The maximum Gasteiger partial charge on any atom is 0.234 e. The van der Waals surface area contributed by atoms with E-state index in [1.807, 2.05) is 39.1 Å². The van der Waals surface area contributed by atoms with Gasteiger partial charge in [-0.2, -0.15) is 0 Å². The second kappa shape index (κ2) is 9.27. The van der Waals surface area contributed by atoms with Gasteiger partial charge in [-0.05, 0) is 63.9 Å². The Morgan fingerprint density at radius 3 is 2.48 bits per heavy atom. The third-order valence-corrected chi connectivity index (χ3v) is 5.43. The highest BCUT2D eigenvalue weighted by molar-refractivity contribution is 5.99. The van der Waals surface area contributed by atoms with Gasteiger partial charge in [0.25, 0.3) is 0 Å². The molecule has 29 heavy (non-hydrogen) atoms. The van der Waals surface area contributed by atoms with Gasteiger partial charge >= 0.3 is 0 Å². The number of aryl methyl sites for hydroxylation is 2. The highest BCUT2D eigenvalue weighted by Gasteiger charge is 2.24. The van der Waals surface area contributed by atoms with Crippen LogP contribution in [0.25, 0.3) is 0 Å². The van der Waals surface area contributed by atoms with E-state index in [1.165, 1.54) is 5.56 Å². The lowest BCUT2D eigenvalue weighted by Crippen LogP contribution is -2.38. The number of hydrogen-bond donors (Lipinski definition) is 1. The van der Waals surface area contributed by atoms with Gasteiger partial charge in [-0.25, -0.2) is 0 Å². The Hall–Kier alpha value is -2.60. The average Bonchev–Trinajstić information content (AvgIpc) is 3.44. The predicted molar refractivity (Wildman–Crippen MR) is 114 cm³/mol. The summed E-state index contributed by atoms with van der Waals surface area (Å²) in [5.74, 6) is 0.896. The fraction of sp³-hybridized carbons (Fsp3) is 0.478. The fourth-order valence-corrected chi connectivity index (χ4v) is 3.59. The number of ketones is 1. The number of carbonyl (C=O) groups excluding carboxylic acids is 2.